The molecule has 0 amide bonds. The first-order valence-corrected chi connectivity index (χ1v) is 11.7. The van der Waals surface area contributed by atoms with Crippen molar-refractivity contribution in [2.24, 2.45) is 0 Å². The highest BCUT2D eigenvalue weighted by atomic mass is 19.3. The number of hydrogen-bond acceptors (Lipinski definition) is 3. The molecule has 0 bridgehead atoms. The highest BCUT2D eigenvalue weighted by molar-refractivity contribution is 5.91. The molecule has 0 fully saturated rings. The first kappa shape index (κ1) is 27.5. The SMILES string of the molecule is C=CCCc1ccc(C(=O)OC2(C)C=CC3=C(C2F)C(F)(F)C(F)(F)c2c3ccc(OCC)c2F)c(F)c1. The molecule has 4 rings (SSSR count). The first-order chi connectivity index (χ1) is 17.8. The second kappa shape index (κ2) is 9.63. The highest BCUT2D eigenvalue weighted by Crippen LogP contribution is 2.59. The molecule has 0 heterocycles. The van der Waals surface area contributed by atoms with Crippen molar-refractivity contribution in [1.29, 1.82) is 0 Å². The quantitative estimate of drug-likeness (QED) is 0.207. The van der Waals surface area contributed by atoms with Crippen molar-refractivity contribution in [3.63, 3.8) is 0 Å². The molecule has 0 radical (unpaired) electrons. The predicted octanol–water partition coefficient (Wildman–Crippen LogP) is 7.50. The van der Waals surface area contributed by atoms with Crippen molar-refractivity contribution in [2.45, 2.75) is 50.3 Å². The predicted molar refractivity (Wildman–Crippen MR) is 126 cm³/mol. The van der Waals surface area contributed by atoms with Crippen LogP contribution in [-0.4, -0.2) is 30.3 Å². The summed E-state index contributed by atoms with van der Waals surface area (Å²) in [5.74, 6) is -15.1. The highest BCUT2D eigenvalue weighted by Gasteiger charge is 2.68. The summed E-state index contributed by atoms with van der Waals surface area (Å²) in [6, 6.07) is 5.54. The minimum Gasteiger partial charge on any atom is -0.491 e. The average Bonchev–Trinajstić information content (AvgIpc) is 2.84. The van der Waals surface area contributed by atoms with Crippen LogP contribution < -0.4 is 4.74 Å². The Morgan fingerprint density at radius 2 is 1.82 bits per heavy atom. The number of benzene rings is 2. The number of carbonyl (C=O) groups is 1. The number of aryl methyl sites for hydroxylation is 1. The smallest absolute Gasteiger partial charge is 0.343 e. The van der Waals surface area contributed by atoms with E-state index in [4.69, 9.17) is 9.47 Å². The van der Waals surface area contributed by atoms with E-state index in [-0.39, 0.29) is 6.61 Å². The van der Waals surface area contributed by atoms with Gasteiger partial charge in [-0.15, -0.1) is 6.58 Å². The molecule has 38 heavy (non-hydrogen) atoms. The molecule has 202 valence electrons. The van der Waals surface area contributed by atoms with E-state index in [1.165, 1.54) is 13.0 Å². The van der Waals surface area contributed by atoms with Crippen LogP contribution in [0, 0.1) is 11.6 Å². The summed E-state index contributed by atoms with van der Waals surface area (Å²) in [6.07, 6.45) is 1.40. The van der Waals surface area contributed by atoms with Crippen molar-refractivity contribution in [2.75, 3.05) is 6.61 Å². The van der Waals surface area contributed by atoms with Crippen LogP contribution in [0.3, 0.4) is 0 Å². The fraction of sp³-hybridized carbons (Fsp3) is 0.321. The topological polar surface area (TPSA) is 35.5 Å². The largest absolute Gasteiger partial charge is 0.491 e. The van der Waals surface area contributed by atoms with Crippen LogP contribution in [0.15, 0.2) is 60.7 Å². The molecule has 0 saturated carbocycles. The van der Waals surface area contributed by atoms with Crippen molar-refractivity contribution in [1.82, 2.24) is 0 Å². The number of hydrogen-bond donors (Lipinski definition) is 0. The fourth-order valence-electron chi connectivity index (χ4n) is 4.58. The lowest BCUT2D eigenvalue weighted by Crippen LogP contribution is -2.53. The Morgan fingerprint density at radius 1 is 1.11 bits per heavy atom. The van der Waals surface area contributed by atoms with Crippen LogP contribution in [0.5, 0.6) is 5.75 Å². The van der Waals surface area contributed by atoms with Crippen molar-refractivity contribution >= 4 is 11.5 Å². The normalized spacial score (nSPS) is 22.9. The van der Waals surface area contributed by atoms with Gasteiger partial charge in [-0.2, -0.15) is 17.6 Å². The van der Waals surface area contributed by atoms with Gasteiger partial charge in [0.2, 0.25) is 0 Å². The Bertz CT molecular complexity index is 1360. The van der Waals surface area contributed by atoms with E-state index < -0.39 is 74.8 Å². The second-order valence-electron chi connectivity index (χ2n) is 9.12. The Kier molecular flexibility index (Phi) is 6.96. The van der Waals surface area contributed by atoms with Gasteiger partial charge in [-0.25, -0.2) is 18.0 Å². The number of carbonyl (C=O) groups excluding carboxylic acids is 1. The molecule has 2 aliphatic rings. The van der Waals surface area contributed by atoms with Gasteiger partial charge in [0.05, 0.1) is 23.3 Å². The number of fused-ring (bicyclic) bond motifs is 2. The Labute approximate surface area is 214 Å². The van der Waals surface area contributed by atoms with Gasteiger partial charge >= 0.3 is 17.8 Å². The minimum absolute atomic E-state index is 0.111. The summed E-state index contributed by atoms with van der Waals surface area (Å²) in [6.45, 7) is 5.80. The van der Waals surface area contributed by atoms with Crippen LogP contribution >= 0.6 is 0 Å². The minimum atomic E-state index is -5.20. The summed E-state index contributed by atoms with van der Waals surface area (Å²) in [7, 11) is 0. The molecule has 2 unspecified atom stereocenters. The van der Waals surface area contributed by atoms with Crippen molar-refractivity contribution < 1.29 is 45.0 Å². The van der Waals surface area contributed by atoms with Crippen molar-refractivity contribution in [3.05, 3.63) is 94.6 Å². The summed E-state index contributed by atoms with van der Waals surface area (Å²) < 4.78 is 116. The molecule has 2 aliphatic carbocycles. The van der Waals surface area contributed by atoms with E-state index >= 15 is 22.0 Å². The third-order valence-corrected chi connectivity index (χ3v) is 6.57. The zero-order valence-electron chi connectivity index (χ0n) is 20.4. The Morgan fingerprint density at radius 3 is 2.45 bits per heavy atom. The molecule has 0 aliphatic heterocycles. The maximum atomic E-state index is 15.8. The summed E-state index contributed by atoms with van der Waals surface area (Å²) >= 11 is 0. The molecular formula is C28H23F7O3. The monoisotopic (exact) mass is 540 g/mol. The zero-order valence-corrected chi connectivity index (χ0v) is 20.4. The lowest BCUT2D eigenvalue weighted by Gasteiger charge is -2.43. The fourth-order valence-corrected chi connectivity index (χ4v) is 4.58. The summed E-state index contributed by atoms with van der Waals surface area (Å²) in [5, 5.41) is 0. The van der Waals surface area contributed by atoms with E-state index in [0.29, 0.717) is 18.4 Å². The average molecular weight is 540 g/mol. The van der Waals surface area contributed by atoms with Crippen LogP contribution in [0.4, 0.5) is 30.7 Å². The number of alkyl halides is 5. The number of halogens is 7. The van der Waals surface area contributed by atoms with Gasteiger partial charge in [0, 0.05) is 0 Å². The first-order valence-electron chi connectivity index (χ1n) is 11.7. The molecule has 3 nitrogen and oxygen atoms in total. The molecule has 0 N–H and O–H groups in total. The Hall–Kier alpha value is -3.56. The maximum Gasteiger partial charge on any atom is 0.343 e. The molecule has 0 spiro atoms. The summed E-state index contributed by atoms with van der Waals surface area (Å²) in [4.78, 5) is 12.7. The van der Waals surface area contributed by atoms with Gasteiger partial charge in [0.25, 0.3) is 0 Å². The third kappa shape index (κ3) is 4.19. The van der Waals surface area contributed by atoms with Crippen LogP contribution in [0.1, 0.15) is 47.3 Å². The third-order valence-electron chi connectivity index (χ3n) is 6.57. The van der Waals surface area contributed by atoms with Gasteiger partial charge < -0.3 is 9.47 Å². The lowest BCUT2D eigenvalue weighted by atomic mass is 9.72. The molecular weight excluding hydrogens is 517 g/mol. The second-order valence-corrected chi connectivity index (χ2v) is 9.12. The molecule has 0 saturated heterocycles. The Balaban J connectivity index is 1.73. The number of ether oxygens (including phenoxy) is 2. The van der Waals surface area contributed by atoms with E-state index in [2.05, 4.69) is 6.58 Å². The van der Waals surface area contributed by atoms with Crippen molar-refractivity contribution in [3.8, 4) is 5.75 Å². The molecule has 10 heteroatoms. The molecule has 2 aromatic carbocycles. The molecule has 0 aromatic heterocycles. The standard InChI is InChI=1S/C28H23F7O3/c1-4-6-7-15-8-9-18(19(29)14-15)25(36)38-26(3)13-12-17-16-10-11-20(37-5-2)23(30)21(16)27(32,33)28(34,35)22(17)24(26)31/h4,8-14,24H,1,5-7H2,2-3H3. The van der Waals surface area contributed by atoms with Gasteiger partial charge in [-0.3, -0.25) is 0 Å². The zero-order chi connectivity index (χ0) is 28.0. The molecule has 2 atom stereocenters. The number of esters is 1. The van der Waals surface area contributed by atoms with Gasteiger partial charge in [-0.05, 0) is 73.7 Å². The van der Waals surface area contributed by atoms with E-state index in [9.17, 15) is 13.6 Å². The van der Waals surface area contributed by atoms with Gasteiger partial charge in [-0.1, -0.05) is 18.2 Å². The van der Waals surface area contributed by atoms with Gasteiger partial charge in [0.15, 0.2) is 23.3 Å². The lowest BCUT2D eigenvalue weighted by molar-refractivity contribution is -0.204. The van der Waals surface area contributed by atoms with Gasteiger partial charge in [0.1, 0.15) is 5.82 Å². The van der Waals surface area contributed by atoms with E-state index in [1.807, 2.05) is 0 Å². The number of allylic oxidation sites excluding steroid dienone is 3. The van der Waals surface area contributed by atoms with Crippen LogP contribution in [0.25, 0.3) is 5.57 Å². The van der Waals surface area contributed by atoms with Crippen LogP contribution in [0.2, 0.25) is 0 Å². The van der Waals surface area contributed by atoms with E-state index in [1.54, 1.807) is 6.08 Å². The molecule has 2 aromatic rings. The summed E-state index contributed by atoms with van der Waals surface area (Å²) in [5.41, 5.74) is -7.15. The maximum absolute atomic E-state index is 15.8. The van der Waals surface area contributed by atoms with E-state index in [0.717, 1.165) is 43.3 Å². The van der Waals surface area contributed by atoms with Crippen LogP contribution in [-0.2, 0) is 17.1 Å². The number of rotatable bonds is 7.